The lowest BCUT2D eigenvalue weighted by Crippen LogP contribution is -2.17. The van der Waals surface area contributed by atoms with Crippen molar-refractivity contribution in [3.8, 4) is 11.5 Å². The second-order valence-corrected chi connectivity index (χ2v) is 3.78. The number of carbonyl (C=O) groups excluding carboxylic acids is 1. The Balaban J connectivity index is 1.65. The van der Waals surface area contributed by atoms with Crippen LogP contribution in [0.2, 0.25) is 0 Å². The van der Waals surface area contributed by atoms with E-state index >= 15 is 0 Å². The average molecular weight is 258 g/mol. The molecule has 3 rings (SSSR count). The average Bonchev–Trinajstić information content (AvgIpc) is 3.09. The van der Waals surface area contributed by atoms with E-state index in [1.165, 1.54) is 12.4 Å². The SMILES string of the molecule is O=C(NN=Cc1ccc2c(c1)OCO2)c1ccn[nH]1. The Hall–Kier alpha value is -2.83. The lowest BCUT2D eigenvalue weighted by atomic mass is 10.2. The molecule has 0 fully saturated rings. The molecule has 19 heavy (non-hydrogen) atoms. The quantitative estimate of drug-likeness (QED) is 0.632. The number of fused-ring (bicyclic) bond motifs is 1. The molecule has 2 heterocycles. The van der Waals surface area contributed by atoms with Gasteiger partial charge in [-0.05, 0) is 29.8 Å². The summed E-state index contributed by atoms with van der Waals surface area (Å²) in [5.74, 6) is 1.02. The summed E-state index contributed by atoms with van der Waals surface area (Å²) >= 11 is 0. The van der Waals surface area contributed by atoms with E-state index in [0.29, 0.717) is 17.2 Å². The van der Waals surface area contributed by atoms with Crippen molar-refractivity contribution in [3.05, 3.63) is 41.7 Å². The summed E-state index contributed by atoms with van der Waals surface area (Å²) < 4.78 is 10.4. The largest absolute Gasteiger partial charge is 0.454 e. The predicted octanol–water partition coefficient (Wildman–Crippen LogP) is 0.902. The van der Waals surface area contributed by atoms with Crippen LogP contribution < -0.4 is 14.9 Å². The highest BCUT2D eigenvalue weighted by molar-refractivity contribution is 5.93. The van der Waals surface area contributed by atoms with Gasteiger partial charge in [-0.3, -0.25) is 9.89 Å². The van der Waals surface area contributed by atoms with Crippen LogP contribution in [0.5, 0.6) is 11.5 Å². The van der Waals surface area contributed by atoms with Crippen molar-refractivity contribution >= 4 is 12.1 Å². The highest BCUT2D eigenvalue weighted by Gasteiger charge is 2.12. The standard InChI is InChI=1S/C12H10N4O3/c17-12(9-3-4-13-15-9)16-14-6-8-1-2-10-11(5-8)19-7-18-10/h1-6H,7H2,(H,13,15)(H,16,17). The highest BCUT2D eigenvalue weighted by Crippen LogP contribution is 2.31. The Morgan fingerprint density at radius 1 is 1.37 bits per heavy atom. The number of carbonyl (C=O) groups is 1. The highest BCUT2D eigenvalue weighted by atomic mass is 16.7. The third-order valence-corrected chi connectivity index (χ3v) is 2.52. The van der Waals surface area contributed by atoms with Crippen molar-refractivity contribution in [1.82, 2.24) is 15.6 Å². The number of aromatic nitrogens is 2. The van der Waals surface area contributed by atoms with E-state index in [2.05, 4.69) is 20.7 Å². The number of hydrogen-bond acceptors (Lipinski definition) is 5. The number of aromatic amines is 1. The van der Waals surface area contributed by atoms with Gasteiger partial charge < -0.3 is 9.47 Å². The van der Waals surface area contributed by atoms with E-state index in [1.54, 1.807) is 18.2 Å². The molecule has 96 valence electrons. The van der Waals surface area contributed by atoms with Crippen LogP contribution >= 0.6 is 0 Å². The molecule has 2 N–H and O–H groups in total. The van der Waals surface area contributed by atoms with Crippen LogP contribution in [0.3, 0.4) is 0 Å². The van der Waals surface area contributed by atoms with Crippen LogP contribution in [0.4, 0.5) is 0 Å². The van der Waals surface area contributed by atoms with Crippen molar-refractivity contribution in [2.75, 3.05) is 6.79 Å². The minimum atomic E-state index is -0.352. The van der Waals surface area contributed by atoms with Crippen molar-refractivity contribution in [1.29, 1.82) is 0 Å². The van der Waals surface area contributed by atoms with Gasteiger partial charge in [-0.1, -0.05) is 0 Å². The Morgan fingerprint density at radius 2 is 2.26 bits per heavy atom. The first-order valence-corrected chi connectivity index (χ1v) is 5.55. The maximum atomic E-state index is 11.5. The fourth-order valence-corrected chi connectivity index (χ4v) is 1.60. The Labute approximate surface area is 108 Å². The summed E-state index contributed by atoms with van der Waals surface area (Å²) in [6.45, 7) is 0.229. The molecule has 1 aromatic carbocycles. The van der Waals surface area contributed by atoms with E-state index in [0.717, 1.165) is 5.56 Å². The molecule has 0 spiro atoms. The summed E-state index contributed by atoms with van der Waals surface area (Å²) in [4.78, 5) is 11.5. The molecule has 1 aliphatic rings. The predicted molar refractivity (Wildman–Crippen MR) is 66.2 cm³/mol. The molecule has 7 nitrogen and oxygen atoms in total. The third-order valence-electron chi connectivity index (χ3n) is 2.52. The lowest BCUT2D eigenvalue weighted by molar-refractivity contribution is 0.0950. The fourth-order valence-electron chi connectivity index (χ4n) is 1.60. The number of rotatable bonds is 3. The van der Waals surface area contributed by atoms with Crippen LogP contribution in [-0.4, -0.2) is 29.1 Å². The van der Waals surface area contributed by atoms with Gasteiger partial charge in [0.1, 0.15) is 5.69 Å². The van der Waals surface area contributed by atoms with Crippen LogP contribution in [0.1, 0.15) is 16.1 Å². The number of nitrogens with one attached hydrogen (secondary N) is 2. The molecule has 1 aliphatic heterocycles. The van der Waals surface area contributed by atoms with Crippen LogP contribution in [0, 0.1) is 0 Å². The van der Waals surface area contributed by atoms with E-state index in [-0.39, 0.29) is 12.7 Å². The molecule has 0 saturated carbocycles. The minimum absolute atomic E-state index is 0.229. The fraction of sp³-hybridized carbons (Fsp3) is 0.0833. The van der Waals surface area contributed by atoms with Gasteiger partial charge in [-0.2, -0.15) is 10.2 Å². The number of hydrogen-bond donors (Lipinski definition) is 2. The van der Waals surface area contributed by atoms with Crippen molar-refractivity contribution in [3.63, 3.8) is 0 Å². The zero-order valence-corrected chi connectivity index (χ0v) is 9.79. The Kier molecular flexibility index (Phi) is 2.85. The minimum Gasteiger partial charge on any atom is -0.454 e. The number of ether oxygens (including phenoxy) is 2. The van der Waals surface area contributed by atoms with Gasteiger partial charge in [0.05, 0.1) is 6.21 Å². The molecule has 0 aliphatic carbocycles. The summed E-state index contributed by atoms with van der Waals surface area (Å²) in [5.41, 5.74) is 3.54. The topological polar surface area (TPSA) is 88.6 Å². The molecular formula is C12H10N4O3. The monoisotopic (exact) mass is 258 g/mol. The summed E-state index contributed by atoms with van der Waals surface area (Å²) in [7, 11) is 0. The molecule has 1 amide bonds. The first-order valence-electron chi connectivity index (χ1n) is 5.55. The number of amides is 1. The molecule has 0 bridgehead atoms. The van der Waals surface area contributed by atoms with Gasteiger partial charge in [0.15, 0.2) is 11.5 Å². The summed E-state index contributed by atoms with van der Waals surface area (Å²) in [5, 5.41) is 10.1. The van der Waals surface area contributed by atoms with E-state index in [1.807, 2.05) is 6.07 Å². The summed E-state index contributed by atoms with van der Waals surface area (Å²) in [6, 6.07) is 6.96. The normalized spacial score (nSPS) is 12.8. The molecule has 0 unspecified atom stereocenters. The van der Waals surface area contributed by atoms with Gasteiger partial charge in [0.25, 0.3) is 5.91 Å². The second-order valence-electron chi connectivity index (χ2n) is 3.78. The number of hydrazone groups is 1. The van der Waals surface area contributed by atoms with E-state index in [4.69, 9.17) is 9.47 Å². The summed E-state index contributed by atoms with van der Waals surface area (Å²) in [6.07, 6.45) is 3.02. The van der Waals surface area contributed by atoms with Gasteiger partial charge in [0, 0.05) is 6.20 Å². The van der Waals surface area contributed by atoms with Crippen LogP contribution in [-0.2, 0) is 0 Å². The molecular weight excluding hydrogens is 248 g/mol. The number of benzene rings is 1. The van der Waals surface area contributed by atoms with Crippen LogP contribution in [0.15, 0.2) is 35.6 Å². The molecule has 0 radical (unpaired) electrons. The molecule has 0 atom stereocenters. The van der Waals surface area contributed by atoms with Crippen molar-refractivity contribution in [2.24, 2.45) is 5.10 Å². The van der Waals surface area contributed by atoms with E-state index in [9.17, 15) is 4.79 Å². The lowest BCUT2D eigenvalue weighted by Gasteiger charge is -1.98. The first kappa shape index (κ1) is 11.3. The Morgan fingerprint density at radius 3 is 3.11 bits per heavy atom. The second kappa shape index (κ2) is 4.81. The maximum absolute atomic E-state index is 11.5. The first-order chi connectivity index (χ1) is 9.33. The molecule has 0 saturated heterocycles. The van der Waals surface area contributed by atoms with Crippen molar-refractivity contribution in [2.45, 2.75) is 0 Å². The smallest absolute Gasteiger partial charge is 0.289 e. The van der Waals surface area contributed by atoms with Gasteiger partial charge in [0.2, 0.25) is 6.79 Å². The maximum Gasteiger partial charge on any atom is 0.289 e. The van der Waals surface area contributed by atoms with Gasteiger partial charge >= 0.3 is 0 Å². The number of nitrogens with zero attached hydrogens (tertiary/aromatic N) is 2. The molecule has 2 aromatic rings. The van der Waals surface area contributed by atoms with Gasteiger partial charge in [-0.15, -0.1) is 0 Å². The molecule has 1 aromatic heterocycles. The van der Waals surface area contributed by atoms with Crippen LogP contribution in [0.25, 0.3) is 0 Å². The zero-order valence-electron chi connectivity index (χ0n) is 9.79. The third kappa shape index (κ3) is 2.39. The van der Waals surface area contributed by atoms with Crippen molar-refractivity contribution < 1.29 is 14.3 Å². The van der Waals surface area contributed by atoms with Gasteiger partial charge in [-0.25, -0.2) is 5.43 Å². The van der Waals surface area contributed by atoms with E-state index < -0.39 is 0 Å². The number of H-pyrrole nitrogens is 1. The molecule has 7 heteroatoms. The zero-order chi connectivity index (χ0) is 13.1. The Bertz CT molecular complexity index is 622.